The molecule has 1 heterocycles. The van der Waals surface area contributed by atoms with Crippen LogP contribution in [-0.2, 0) is 23.8 Å². The van der Waals surface area contributed by atoms with Crippen LogP contribution in [0.5, 0.6) is 0 Å². The van der Waals surface area contributed by atoms with Crippen LogP contribution in [0.3, 0.4) is 0 Å². The fourth-order valence-corrected chi connectivity index (χ4v) is 11.6. The van der Waals surface area contributed by atoms with Gasteiger partial charge in [0.25, 0.3) is 0 Å². The Balaban J connectivity index is 2.55. The normalized spacial score (nSPS) is 18.5. The fourth-order valence-electron chi connectivity index (χ4n) is 11.6. The number of nitrogens with one attached hydrogen (secondary N) is 1. The Bertz CT molecular complexity index is 1940. The Labute approximate surface area is 570 Å². The lowest BCUT2D eigenvalue weighted by molar-refractivity contribution is -0.305. The molecule has 0 aromatic rings. The lowest BCUT2D eigenvalue weighted by Gasteiger charge is -2.41. The molecule has 1 amide bonds. The van der Waals surface area contributed by atoms with Crippen molar-refractivity contribution in [2.24, 2.45) is 0 Å². The predicted molar refractivity (Wildman–Crippen MR) is 393 cm³/mol. The quantitative estimate of drug-likeness (QED) is 0.0195. The third-order valence-electron chi connectivity index (χ3n) is 17.7. The van der Waals surface area contributed by atoms with Gasteiger partial charge in [0.05, 0.1) is 25.4 Å². The Morgan fingerprint density at radius 3 is 1.18 bits per heavy atom. The molecule has 6 N–H and O–H groups in total. The fraction of sp³-hybridized carbons (Fsp3) is 0.756. The summed E-state index contributed by atoms with van der Waals surface area (Å²) in [5.41, 5.74) is 0. The van der Waals surface area contributed by atoms with Crippen LogP contribution in [0.25, 0.3) is 0 Å². The van der Waals surface area contributed by atoms with Crippen LogP contribution in [-0.4, -0.2) is 99.6 Å². The van der Waals surface area contributed by atoms with E-state index in [-0.39, 0.29) is 19.4 Å². The zero-order valence-corrected chi connectivity index (χ0v) is 59.9. The summed E-state index contributed by atoms with van der Waals surface area (Å²) in [5.74, 6) is -1.20. The van der Waals surface area contributed by atoms with Gasteiger partial charge in [-0.3, -0.25) is 9.59 Å². The Kier molecular flexibility index (Phi) is 64.1. The number of aliphatic hydroxyl groups is 5. The Morgan fingerprint density at radius 1 is 0.430 bits per heavy atom. The lowest BCUT2D eigenvalue weighted by atomic mass is 9.99. The van der Waals surface area contributed by atoms with Crippen molar-refractivity contribution in [3.05, 3.63) is 109 Å². The highest BCUT2D eigenvalue weighted by molar-refractivity contribution is 5.80. The predicted octanol–water partition coefficient (Wildman–Crippen LogP) is 20.7. The molecule has 0 saturated carbocycles. The summed E-state index contributed by atoms with van der Waals surface area (Å²) in [6.45, 7) is 5.69. The van der Waals surface area contributed by atoms with Gasteiger partial charge in [0, 0.05) is 6.42 Å². The molecule has 536 valence electrons. The van der Waals surface area contributed by atoms with Crippen molar-refractivity contribution in [3.8, 4) is 0 Å². The first kappa shape index (κ1) is 87.3. The molecule has 1 rings (SSSR count). The molecular formula is C82H143NO10. The second-order valence-electron chi connectivity index (χ2n) is 26.4. The zero-order valence-electron chi connectivity index (χ0n) is 59.9. The number of carbonyl (C=O) groups is 2. The number of ether oxygens (including phenoxy) is 3. The van der Waals surface area contributed by atoms with Crippen molar-refractivity contribution in [1.29, 1.82) is 0 Å². The van der Waals surface area contributed by atoms with Crippen LogP contribution in [0.1, 0.15) is 335 Å². The van der Waals surface area contributed by atoms with Crippen LogP contribution in [0.2, 0.25) is 0 Å². The van der Waals surface area contributed by atoms with E-state index < -0.39 is 67.4 Å². The van der Waals surface area contributed by atoms with Gasteiger partial charge in [-0.25, -0.2) is 0 Å². The van der Waals surface area contributed by atoms with Crippen LogP contribution < -0.4 is 5.32 Å². The first-order valence-electron chi connectivity index (χ1n) is 38.7. The molecule has 11 nitrogen and oxygen atoms in total. The molecule has 0 radical (unpaired) electrons. The summed E-state index contributed by atoms with van der Waals surface area (Å²) in [6, 6.07) is -1.03. The van der Waals surface area contributed by atoms with Crippen molar-refractivity contribution in [2.45, 2.75) is 384 Å². The van der Waals surface area contributed by atoms with E-state index in [1.54, 1.807) is 6.08 Å². The highest BCUT2D eigenvalue weighted by atomic mass is 16.7. The number of allylic oxidation sites excluding steroid dienone is 17. The minimum Gasteiger partial charge on any atom is -0.454 e. The second kappa shape index (κ2) is 68.3. The van der Waals surface area contributed by atoms with Gasteiger partial charge in [-0.15, -0.1) is 0 Å². The zero-order chi connectivity index (χ0) is 67.4. The minimum absolute atomic E-state index is 0.102. The molecular weight excluding hydrogens is 1160 g/mol. The molecule has 1 fully saturated rings. The standard InChI is InChI=1S/C82H143NO10/c1-4-7-10-13-16-19-22-25-27-29-31-33-35-37-39-40-42-44-46-48-51-54-57-60-63-66-69-75(86)81(90)83-73(74(85)68-65-62-59-56-53-50-24-21-18-15-12-9-6-3)72-91-82-80(79(89)78(88)76(71-84)92-82)93-77(87)70-67-64-61-58-55-52-49-47-45-43-41-38-36-34-32-30-28-26-23-20-17-14-11-8-5-2/h8,11,16-17,19-20,25-28,32,34,38,41,45,47,65,68,73-76,78-80,82,84-86,88-89H,4-7,9-10,12-15,18,21-24,29-31,33,35-37,39-40,42-44,46,48-64,66-67,69-72H2,1-3H3,(H,83,90)/b11-8-,19-16-,20-17-,27-25-,28-26-,34-32-,41-38-,47-45-,68-65+. The monoisotopic (exact) mass is 1300 g/mol. The highest BCUT2D eigenvalue weighted by Crippen LogP contribution is 2.26. The molecule has 93 heavy (non-hydrogen) atoms. The van der Waals surface area contributed by atoms with Crippen molar-refractivity contribution >= 4 is 11.9 Å². The van der Waals surface area contributed by atoms with Crippen molar-refractivity contribution < 1.29 is 49.3 Å². The van der Waals surface area contributed by atoms with Crippen molar-refractivity contribution in [2.75, 3.05) is 13.2 Å². The van der Waals surface area contributed by atoms with Crippen LogP contribution in [0, 0.1) is 0 Å². The number of hydrogen-bond acceptors (Lipinski definition) is 10. The number of esters is 1. The first-order valence-corrected chi connectivity index (χ1v) is 38.7. The van der Waals surface area contributed by atoms with Gasteiger partial charge in [0.1, 0.15) is 24.4 Å². The minimum atomic E-state index is -1.63. The Hall–Kier alpha value is -3.68. The van der Waals surface area contributed by atoms with Gasteiger partial charge in [-0.2, -0.15) is 0 Å². The molecule has 8 atom stereocenters. The number of amides is 1. The van der Waals surface area contributed by atoms with E-state index in [0.29, 0.717) is 12.8 Å². The average Bonchev–Trinajstić information content (AvgIpc) is 0.843. The van der Waals surface area contributed by atoms with Gasteiger partial charge in [-0.05, 0) is 109 Å². The molecule has 1 aliphatic heterocycles. The van der Waals surface area contributed by atoms with Gasteiger partial charge in [0.15, 0.2) is 12.4 Å². The molecule has 1 aliphatic rings. The molecule has 0 spiro atoms. The maximum absolute atomic E-state index is 13.5. The molecule has 0 aromatic heterocycles. The molecule has 0 aromatic carbocycles. The summed E-state index contributed by atoms with van der Waals surface area (Å²) in [6.07, 6.45) is 84.1. The maximum atomic E-state index is 13.5. The number of aliphatic hydroxyl groups excluding tert-OH is 5. The number of hydrogen-bond donors (Lipinski definition) is 6. The van der Waals surface area contributed by atoms with Gasteiger partial charge in [-0.1, -0.05) is 329 Å². The summed E-state index contributed by atoms with van der Waals surface area (Å²) in [7, 11) is 0. The lowest BCUT2D eigenvalue weighted by Crippen LogP contribution is -2.61. The molecule has 11 heteroatoms. The topological polar surface area (TPSA) is 175 Å². The second-order valence-corrected chi connectivity index (χ2v) is 26.4. The van der Waals surface area contributed by atoms with Crippen LogP contribution in [0.15, 0.2) is 109 Å². The van der Waals surface area contributed by atoms with Gasteiger partial charge in [0.2, 0.25) is 5.91 Å². The summed E-state index contributed by atoms with van der Waals surface area (Å²) in [5, 5.41) is 57.4. The Morgan fingerprint density at radius 2 is 0.774 bits per heavy atom. The smallest absolute Gasteiger partial charge is 0.306 e. The third kappa shape index (κ3) is 55.1. The van der Waals surface area contributed by atoms with Gasteiger partial charge >= 0.3 is 5.97 Å². The van der Waals surface area contributed by atoms with E-state index in [9.17, 15) is 35.1 Å². The molecule has 0 aliphatic carbocycles. The van der Waals surface area contributed by atoms with E-state index in [2.05, 4.69) is 123 Å². The van der Waals surface area contributed by atoms with E-state index in [1.807, 2.05) is 6.08 Å². The first-order chi connectivity index (χ1) is 45.7. The highest BCUT2D eigenvalue weighted by Gasteiger charge is 2.47. The van der Waals surface area contributed by atoms with E-state index in [1.165, 1.54) is 167 Å². The van der Waals surface area contributed by atoms with E-state index >= 15 is 0 Å². The molecule has 0 bridgehead atoms. The number of unbranched alkanes of at least 4 members (excludes halogenated alkanes) is 36. The average molecular weight is 1300 g/mol. The van der Waals surface area contributed by atoms with Crippen LogP contribution >= 0.6 is 0 Å². The summed E-state index contributed by atoms with van der Waals surface area (Å²) >= 11 is 0. The third-order valence-corrected chi connectivity index (χ3v) is 17.7. The van der Waals surface area contributed by atoms with Crippen molar-refractivity contribution in [3.63, 3.8) is 0 Å². The molecule has 1 saturated heterocycles. The summed E-state index contributed by atoms with van der Waals surface area (Å²) < 4.78 is 17.7. The van der Waals surface area contributed by atoms with E-state index in [4.69, 9.17) is 14.2 Å². The number of rotatable bonds is 66. The van der Waals surface area contributed by atoms with Crippen LogP contribution in [0.4, 0.5) is 0 Å². The largest absolute Gasteiger partial charge is 0.454 e. The van der Waals surface area contributed by atoms with E-state index in [0.717, 1.165) is 122 Å². The summed E-state index contributed by atoms with van der Waals surface area (Å²) in [4.78, 5) is 26.8. The van der Waals surface area contributed by atoms with Crippen molar-refractivity contribution in [1.82, 2.24) is 5.32 Å². The SMILES string of the molecule is CC/C=C\C/C=C\C/C=C\C/C=C\C/C=C\C/C=C\CCCCCCCCC(=O)OC1C(OCC(NC(=O)C(O)CCCCCCCCCCCCCCCCCC/C=C\C/C=C\CCCCC)C(O)/C=C/CCCCCCCCCCCCC)OC(CO)C(O)C1O. The molecule has 8 unspecified atom stereocenters. The maximum Gasteiger partial charge on any atom is 0.306 e. The van der Waals surface area contributed by atoms with Gasteiger partial charge < -0.3 is 45.1 Å². The number of carbonyl (C=O) groups excluding carboxylic acids is 2.